The molecule has 0 spiro atoms. The van der Waals surface area contributed by atoms with Crippen molar-refractivity contribution in [3.63, 3.8) is 0 Å². The number of hydrogen-bond donors (Lipinski definition) is 2. The summed E-state index contributed by atoms with van der Waals surface area (Å²) in [5, 5.41) is 5.40. The van der Waals surface area contributed by atoms with E-state index in [9.17, 15) is 0 Å². The van der Waals surface area contributed by atoms with Crippen molar-refractivity contribution in [1.29, 1.82) is 0 Å². The van der Waals surface area contributed by atoms with Crippen LogP contribution in [0.15, 0.2) is 30.6 Å². The molecule has 4 heteroatoms. The monoisotopic (exact) mass is 217 g/mol. The SMILES string of the molecule is Cc1ccc(NC(N)=S)c2cnccc12. The van der Waals surface area contributed by atoms with Crippen LogP contribution in [0, 0.1) is 6.92 Å². The summed E-state index contributed by atoms with van der Waals surface area (Å²) in [6.45, 7) is 2.06. The van der Waals surface area contributed by atoms with Gasteiger partial charge in [0, 0.05) is 23.5 Å². The summed E-state index contributed by atoms with van der Waals surface area (Å²) in [6, 6.07) is 5.97. The average Bonchev–Trinajstić information content (AvgIpc) is 2.22. The number of rotatable bonds is 1. The Morgan fingerprint density at radius 1 is 1.33 bits per heavy atom. The third kappa shape index (κ3) is 1.89. The molecule has 0 aliphatic rings. The zero-order valence-electron chi connectivity index (χ0n) is 8.32. The predicted octanol–water partition coefficient (Wildman–Crippen LogP) is 2.20. The zero-order valence-corrected chi connectivity index (χ0v) is 9.14. The standard InChI is InChI=1S/C11H11N3S/c1-7-2-3-10(14-11(12)15)9-6-13-5-4-8(7)9/h2-6H,1H3,(H3,12,14,15). The molecule has 0 bridgehead atoms. The molecule has 0 radical (unpaired) electrons. The summed E-state index contributed by atoms with van der Waals surface area (Å²) in [5.41, 5.74) is 7.56. The minimum atomic E-state index is 0.268. The number of hydrogen-bond acceptors (Lipinski definition) is 2. The summed E-state index contributed by atoms with van der Waals surface area (Å²) in [4.78, 5) is 4.10. The molecular weight excluding hydrogens is 206 g/mol. The fraction of sp³-hybridized carbons (Fsp3) is 0.0909. The number of nitrogens with one attached hydrogen (secondary N) is 1. The van der Waals surface area contributed by atoms with Gasteiger partial charge in [-0.25, -0.2) is 0 Å². The maximum atomic E-state index is 5.45. The van der Waals surface area contributed by atoms with Crippen molar-refractivity contribution in [2.45, 2.75) is 6.92 Å². The van der Waals surface area contributed by atoms with E-state index in [0.717, 1.165) is 16.5 Å². The van der Waals surface area contributed by atoms with Crippen LogP contribution in [0.5, 0.6) is 0 Å². The Kier molecular flexibility index (Phi) is 2.51. The Hall–Kier alpha value is -1.68. The molecule has 3 N–H and O–H groups in total. The molecule has 2 aromatic rings. The lowest BCUT2D eigenvalue weighted by Gasteiger charge is -2.09. The maximum Gasteiger partial charge on any atom is 0.168 e. The molecule has 15 heavy (non-hydrogen) atoms. The average molecular weight is 217 g/mol. The first-order valence-electron chi connectivity index (χ1n) is 4.58. The number of benzene rings is 1. The molecule has 1 heterocycles. The van der Waals surface area contributed by atoms with Gasteiger partial charge in [-0.1, -0.05) is 6.07 Å². The van der Waals surface area contributed by atoms with Crippen LogP contribution in [0.25, 0.3) is 10.8 Å². The van der Waals surface area contributed by atoms with Gasteiger partial charge in [0.05, 0.1) is 0 Å². The predicted molar refractivity (Wildman–Crippen MR) is 66.9 cm³/mol. The number of aryl methyl sites for hydroxylation is 1. The van der Waals surface area contributed by atoms with E-state index in [-0.39, 0.29) is 5.11 Å². The largest absolute Gasteiger partial charge is 0.376 e. The van der Waals surface area contributed by atoms with Crippen LogP contribution in [-0.2, 0) is 0 Å². The number of anilines is 1. The van der Waals surface area contributed by atoms with Crippen molar-refractivity contribution >= 4 is 33.8 Å². The van der Waals surface area contributed by atoms with Crippen LogP contribution in [0.3, 0.4) is 0 Å². The van der Waals surface area contributed by atoms with Gasteiger partial charge in [-0.3, -0.25) is 4.98 Å². The molecular formula is C11H11N3S. The van der Waals surface area contributed by atoms with Crippen LogP contribution < -0.4 is 11.1 Å². The lowest BCUT2D eigenvalue weighted by Crippen LogP contribution is -2.19. The summed E-state index contributed by atoms with van der Waals surface area (Å²) >= 11 is 4.82. The second-order valence-corrected chi connectivity index (χ2v) is 3.78. The van der Waals surface area contributed by atoms with E-state index in [2.05, 4.69) is 17.2 Å². The topological polar surface area (TPSA) is 50.9 Å². The van der Waals surface area contributed by atoms with Gasteiger partial charge in [-0.2, -0.15) is 0 Å². The van der Waals surface area contributed by atoms with E-state index in [1.165, 1.54) is 5.56 Å². The first kappa shape index (κ1) is 9.86. The lowest BCUT2D eigenvalue weighted by atomic mass is 10.1. The van der Waals surface area contributed by atoms with Crippen molar-refractivity contribution in [3.05, 3.63) is 36.2 Å². The van der Waals surface area contributed by atoms with Crippen molar-refractivity contribution in [3.8, 4) is 0 Å². The highest BCUT2D eigenvalue weighted by atomic mass is 32.1. The highest BCUT2D eigenvalue weighted by Crippen LogP contribution is 2.25. The molecule has 2 rings (SSSR count). The van der Waals surface area contributed by atoms with E-state index in [0.29, 0.717) is 0 Å². The highest BCUT2D eigenvalue weighted by molar-refractivity contribution is 7.80. The van der Waals surface area contributed by atoms with Crippen molar-refractivity contribution < 1.29 is 0 Å². The van der Waals surface area contributed by atoms with Crippen molar-refractivity contribution in [2.24, 2.45) is 5.73 Å². The Morgan fingerprint density at radius 2 is 2.13 bits per heavy atom. The minimum Gasteiger partial charge on any atom is -0.376 e. The Morgan fingerprint density at radius 3 is 2.87 bits per heavy atom. The second-order valence-electron chi connectivity index (χ2n) is 3.34. The molecule has 0 amide bonds. The molecule has 0 aliphatic carbocycles. The third-order valence-corrected chi connectivity index (χ3v) is 2.40. The minimum absolute atomic E-state index is 0.268. The van der Waals surface area contributed by atoms with Gasteiger partial charge >= 0.3 is 0 Å². The van der Waals surface area contributed by atoms with Gasteiger partial charge in [0.2, 0.25) is 0 Å². The summed E-state index contributed by atoms with van der Waals surface area (Å²) < 4.78 is 0. The Labute approximate surface area is 93.3 Å². The molecule has 0 aliphatic heterocycles. The van der Waals surface area contributed by atoms with Gasteiger partial charge in [0.15, 0.2) is 5.11 Å². The van der Waals surface area contributed by atoms with E-state index in [1.54, 1.807) is 6.20 Å². The zero-order chi connectivity index (χ0) is 10.8. The highest BCUT2D eigenvalue weighted by Gasteiger charge is 2.03. The van der Waals surface area contributed by atoms with Gasteiger partial charge in [-0.05, 0) is 42.2 Å². The molecule has 0 saturated heterocycles. The molecule has 0 saturated carbocycles. The van der Waals surface area contributed by atoms with Crippen LogP contribution in [0.2, 0.25) is 0 Å². The number of fused-ring (bicyclic) bond motifs is 1. The Balaban J connectivity index is 2.66. The summed E-state index contributed by atoms with van der Waals surface area (Å²) in [6.07, 6.45) is 3.59. The van der Waals surface area contributed by atoms with Gasteiger partial charge in [0.25, 0.3) is 0 Å². The second kappa shape index (κ2) is 3.82. The van der Waals surface area contributed by atoms with Crippen molar-refractivity contribution in [2.75, 3.05) is 5.32 Å². The van der Waals surface area contributed by atoms with Crippen molar-refractivity contribution in [1.82, 2.24) is 4.98 Å². The van der Waals surface area contributed by atoms with E-state index in [1.807, 2.05) is 24.4 Å². The fourth-order valence-electron chi connectivity index (χ4n) is 1.58. The smallest absolute Gasteiger partial charge is 0.168 e. The lowest BCUT2D eigenvalue weighted by molar-refractivity contribution is 1.35. The fourth-order valence-corrected chi connectivity index (χ4v) is 1.69. The number of thiocarbonyl (C=S) groups is 1. The first-order valence-corrected chi connectivity index (χ1v) is 4.99. The number of pyridine rings is 1. The summed E-state index contributed by atoms with van der Waals surface area (Å²) in [5.74, 6) is 0. The molecule has 0 unspecified atom stereocenters. The molecule has 0 atom stereocenters. The van der Waals surface area contributed by atoms with Crippen LogP contribution in [0.4, 0.5) is 5.69 Å². The first-order chi connectivity index (χ1) is 7.18. The molecule has 76 valence electrons. The summed E-state index contributed by atoms with van der Waals surface area (Å²) in [7, 11) is 0. The quantitative estimate of drug-likeness (QED) is 0.719. The van der Waals surface area contributed by atoms with Gasteiger partial charge in [0.1, 0.15) is 0 Å². The van der Waals surface area contributed by atoms with E-state index in [4.69, 9.17) is 18.0 Å². The van der Waals surface area contributed by atoms with Gasteiger partial charge in [-0.15, -0.1) is 0 Å². The third-order valence-electron chi connectivity index (χ3n) is 2.29. The van der Waals surface area contributed by atoms with Crippen LogP contribution in [-0.4, -0.2) is 10.1 Å². The molecule has 1 aromatic carbocycles. The number of nitrogens with two attached hydrogens (primary N) is 1. The van der Waals surface area contributed by atoms with E-state index < -0.39 is 0 Å². The molecule has 3 nitrogen and oxygen atoms in total. The van der Waals surface area contributed by atoms with Crippen LogP contribution in [0.1, 0.15) is 5.56 Å². The van der Waals surface area contributed by atoms with Gasteiger partial charge < -0.3 is 11.1 Å². The maximum absolute atomic E-state index is 5.45. The molecule has 1 aromatic heterocycles. The molecule has 0 fully saturated rings. The number of nitrogens with zero attached hydrogens (tertiary/aromatic N) is 1. The Bertz CT molecular complexity index is 522. The van der Waals surface area contributed by atoms with E-state index >= 15 is 0 Å². The van der Waals surface area contributed by atoms with Crippen LogP contribution >= 0.6 is 12.2 Å². The number of aromatic nitrogens is 1. The normalized spacial score (nSPS) is 10.2.